The topological polar surface area (TPSA) is 55.1 Å². The van der Waals surface area contributed by atoms with E-state index in [4.69, 9.17) is 0 Å². The lowest BCUT2D eigenvalue weighted by Gasteiger charge is -2.14. The van der Waals surface area contributed by atoms with E-state index in [0.717, 1.165) is 16.7 Å². The zero-order chi connectivity index (χ0) is 13.1. The molecule has 1 aromatic carbocycles. The Kier molecular flexibility index (Phi) is 3.58. The smallest absolute Gasteiger partial charge is 0.266 e. The molecule has 1 heterocycles. The van der Waals surface area contributed by atoms with Crippen molar-refractivity contribution in [2.24, 2.45) is 0 Å². The molecule has 0 aliphatic heterocycles. The Hall–Kier alpha value is -1.94. The summed E-state index contributed by atoms with van der Waals surface area (Å²) in [5.74, 6) is 0. The highest BCUT2D eigenvalue weighted by Crippen LogP contribution is 2.19. The van der Waals surface area contributed by atoms with Gasteiger partial charge in [0.1, 0.15) is 0 Å². The molecule has 2 aromatic rings. The monoisotopic (exact) mass is 244 g/mol. The van der Waals surface area contributed by atoms with E-state index < -0.39 is 6.10 Å². The zero-order valence-electron chi connectivity index (χ0n) is 10.5. The molecule has 0 saturated carbocycles. The van der Waals surface area contributed by atoms with E-state index in [0.29, 0.717) is 0 Å². The second kappa shape index (κ2) is 5.14. The number of rotatable bonds is 3. The number of aliphatic hydroxyl groups is 1. The first-order valence-electron chi connectivity index (χ1n) is 5.85. The molecule has 2 rings (SSSR count). The van der Waals surface area contributed by atoms with Gasteiger partial charge in [-0.15, -0.1) is 0 Å². The molecule has 18 heavy (non-hydrogen) atoms. The van der Waals surface area contributed by atoms with Gasteiger partial charge in [-0.2, -0.15) is 5.10 Å². The number of benzene rings is 1. The second-order valence-electron chi connectivity index (χ2n) is 4.42. The molecular weight excluding hydrogens is 228 g/mol. The first kappa shape index (κ1) is 12.5. The summed E-state index contributed by atoms with van der Waals surface area (Å²) < 4.78 is 1.27. The van der Waals surface area contributed by atoms with Crippen LogP contribution in [0.5, 0.6) is 0 Å². The summed E-state index contributed by atoms with van der Waals surface area (Å²) in [6.45, 7) is 4.13. The molecule has 0 spiro atoms. The molecule has 0 aliphatic carbocycles. The Balaban J connectivity index is 2.25. The Morgan fingerprint density at radius 1 is 1.33 bits per heavy atom. The number of aliphatic hydroxyl groups excluding tert-OH is 1. The lowest BCUT2D eigenvalue weighted by atomic mass is 10.0. The standard InChI is InChI=1S/C14H16N2O2/c1-10-5-6-12(11(2)8-10)13(17)9-16-14(18)4-3-7-15-16/h3-8,13,17H,9H2,1-2H3. The van der Waals surface area contributed by atoms with E-state index in [1.165, 1.54) is 16.9 Å². The average Bonchev–Trinajstić information content (AvgIpc) is 2.32. The predicted octanol–water partition coefficient (Wildman–Crippen LogP) is 1.59. The third-order valence-electron chi connectivity index (χ3n) is 2.92. The third kappa shape index (κ3) is 2.65. The van der Waals surface area contributed by atoms with Crippen molar-refractivity contribution in [2.75, 3.05) is 0 Å². The van der Waals surface area contributed by atoms with E-state index in [9.17, 15) is 9.90 Å². The number of aryl methyl sites for hydroxylation is 2. The number of aromatic nitrogens is 2. The summed E-state index contributed by atoms with van der Waals surface area (Å²) in [5.41, 5.74) is 2.80. The molecule has 94 valence electrons. The first-order valence-corrected chi connectivity index (χ1v) is 5.85. The molecule has 0 amide bonds. The Bertz CT molecular complexity index is 605. The minimum Gasteiger partial charge on any atom is -0.386 e. The molecule has 1 unspecified atom stereocenters. The van der Waals surface area contributed by atoms with E-state index in [1.54, 1.807) is 6.07 Å². The zero-order valence-corrected chi connectivity index (χ0v) is 10.5. The third-order valence-corrected chi connectivity index (χ3v) is 2.92. The van der Waals surface area contributed by atoms with Gasteiger partial charge >= 0.3 is 0 Å². The summed E-state index contributed by atoms with van der Waals surface area (Å²) in [6, 6.07) is 8.87. The molecule has 0 radical (unpaired) electrons. The quantitative estimate of drug-likeness (QED) is 0.892. The number of hydrogen-bond donors (Lipinski definition) is 1. The van der Waals surface area contributed by atoms with Gasteiger partial charge in [0.25, 0.3) is 5.56 Å². The van der Waals surface area contributed by atoms with Crippen LogP contribution in [0.1, 0.15) is 22.8 Å². The molecule has 1 N–H and O–H groups in total. The highest BCUT2D eigenvalue weighted by atomic mass is 16.3. The van der Waals surface area contributed by atoms with Crippen molar-refractivity contribution < 1.29 is 5.11 Å². The Labute approximate surface area is 106 Å². The van der Waals surface area contributed by atoms with Gasteiger partial charge in [0.05, 0.1) is 12.6 Å². The summed E-state index contributed by atoms with van der Waals surface area (Å²) in [6.07, 6.45) is 0.814. The van der Waals surface area contributed by atoms with Crippen LogP contribution in [0.25, 0.3) is 0 Å². The molecule has 0 fully saturated rings. The average molecular weight is 244 g/mol. The molecule has 0 aliphatic rings. The maximum Gasteiger partial charge on any atom is 0.266 e. The van der Waals surface area contributed by atoms with Crippen molar-refractivity contribution in [3.8, 4) is 0 Å². The van der Waals surface area contributed by atoms with E-state index in [1.807, 2.05) is 32.0 Å². The lowest BCUT2D eigenvalue weighted by Crippen LogP contribution is -2.24. The summed E-state index contributed by atoms with van der Waals surface area (Å²) in [5, 5.41) is 14.1. The Morgan fingerprint density at radius 2 is 2.11 bits per heavy atom. The van der Waals surface area contributed by atoms with E-state index in [2.05, 4.69) is 5.10 Å². The van der Waals surface area contributed by atoms with Gasteiger partial charge in [-0.05, 0) is 31.0 Å². The van der Waals surface area contributed by atoms with Gasteiger partial charge in [-0.3, -0.25) is 4.79 Å². The summed E-state index contributed by atoms with van der Waals surface area (Å²) in [4.78, 5) is 11.5. The van der Waals surface area contributed by atoms with Gasteiger partial charge in [0, 0.05) is 12.3 Å². The van der Waals surface area contributed by atoms with Crippen molar-refractivity contribution in [1.29, 1.82) is 0 Å². The molecule has 1 aromatic heterocycles. The summed E-state index contributed by atoms with van der Waals surface area (Å²) >= 11 is 0. The van der Waals surface area contributed by atoms with Crippen LogP contribution in [0, 0.1) is 13.8 Å². The fourth-order valence-electron chi connectivity index (χ4n) is 1.99. The van der Waals surface area contributed by atoms with Crippen LogP contribution in [-0.2, 0) is 6.54 Å². The van der Waals surface area contributed by atoms with Crippen LogP contribution < -0.4 is 5.56 Å². The highest BCUT2D eigenvalue weighted by Gasteiger charge is 2.12. The highest BCUT2D eigenvalue weighted by molar-refractivity contribution is 5.31. The molecule has 4 heteroatoms. The van der Waals surface area contributed by atoms with Crippen molar-refractivity contribution in [2.45, 2.75) is 26.5 Å². The molecular formula is C14H16N2O2. The maximum absolute atomic E-state index is 11.5. The van der Waals surface area contributed by atoms with Gasteiger partial charge in [-0.1, -0.05) is 23.8 Å². The first-order chi connectivity index (χ1) is 8.58. The SMILES string of the molecule is Cc1ccc(C(O)Cn2ncccc2=O)c(C)c1. The van der Waals surface area contributed by atoms with Gasteiger partial charge < -0.3 is 5.11 Å². The molecule has 0 bridgehead atoms. The second-order valence-corrected chi connectivity index (χ2v) is 4.42. The minimum absolute atomic E-state index is 0.170. The molecule has 1 atom stereocenters. The largest absolute Gasteiger partial charge is 0.386 e. The Morgan fingerprint density at radius 3 is 2.78 bits per heavy atom. The van der Waals surface area contributed by atoms with Gasteiger partial charge in [0.15, 0.2) is 0 Å². The lowest BCUT2D eigenvalue weighted by molar-refractivity contribution is 0.148. The van der Waals surface area contributed by atoms with Crippen LogP contribution in [0.3, 0.4) is 0 Å². The predicted molar refractivity (Wildman–Crippen MR) is 69.4 cm³/mol. The molecule has 0 saturated heterocycles. The van der Waals surface area contributed by atoms with Crippen LogP contribution in [0.15, 0.2) is 41.3 Å². The fourth-order valence-corrected chi connectivity index (χ4v) is 1.99. The maximum atomic E-state index is 11.5. The van der Waals surface area contributed by atoms with Gasteiger partial charge in [0.2, 0.25) is 0 Å². The van der Waals surface area contributed by atoms with Crippen LogP contribution in [-0.4, -0.2) is 14.9 Å². The number of hydrogen-bond acceptors (Lipinski definition) is 3. The minimum atomic E-state index is -0.724. The summed E-state index contributed by atoms with van der Waals surface area (Å²) in [7, 11) is 0. The van der Waals surface area contributed by atoms with Crippen molar-refractivity contribution >= 4 is 0 Å². The van der Waals surface area contributed by atoms with Crippen molar-refractivity contribution in [3.05, 3.63) is 63.6 Å². The van der Waals surface area contributed by atoms with Crippen LogP contribution in [0.2, 0.25) is 0 Å². The van der Waals surface area contributed by atoms with Gasteiger partial charge in [-0.25, -0.2) is 4.68 Å². The van der Waals surface area contributed by atoms with Crippen LogP contribution in [0.4, 0.5) is 0 Å². The number of nitrogens with zero attached hydrogens (tertiary/aromatic N) is 2. The normalized spacial score (nSPS) is 12.4. The van der Waals surface area contributed by atoms with Crippen molar-refractivity contribution in [1.82, 2.24) is 9.78 Å². The van der Waals surface area contributed by atoms with Crippen molar-refractivity contribution in [3.63, 3.8) is 0 Å². The van der Waals surface area contributed by atoms with E-state index in [-0.39, 0.29) is 12.1 Å². The van der Waals surface area contributed by atoms with E-state index >= 15 is 0 Å². The molecule has 4 nitrogen and oxygen atoms in total. The fraction of sp³-hybridized carbons (Fsp3) is 0.286. The van der Waals surface area contributed by atoms with Crippen LogP contribution >= 0.6 is 0 Å².